The minimum atomic E-state index is 1.23. The van der Waals surface area contributed by atoms with Crippen molar-refractivity contribution in [3.8, 4) is 0 Å². The standard InChI is InChI=1S/C7H8N/c1-2-6-4-8-5-7(6)3-1/h4,8H,1-3H2. The summed E-state index contributed by atoms with van der Waals surface area (Å²) in [4.78, 5) is 2.98. The lowest BCUT2D eigenvalue weighted by atomic mass is 10.2. The smallest absolute Gasteiger partial charge is 0.0657 e. The van der Waals surface area contributed by atoms with Gasteiger partial charge in [-0.25, -0.2) is 0 Å². The third-order valence-corrected chi connectivity index (χ3v) is 1.73. The Hall–Kier alpha value is -0.720. The molecule has 1 heteroatoms. The first-order valence-electron chi connectivity index (χ1n) is 3.03. The first-order chi connectivity index (χ1) is 3.97. The fourth-order valence-electron chi connectivity index (χ4n) is 1.28. The Morgan fingerprint density at radius 1 is 1.50 bits per heavy atom. The van der Waals surface area contributed by atoms with E-state index in [9.17, 15) is 0 Å². The van der Waals surface area contributed by atoms with Crippen LogP contribution in [-0.4, -0.2) is 4.98 Å². The monoisotopic (exact) mass is 106 g/mol. The SMILES string of the molecule is [c]1[nH]cc2c1CCC2. The van der Waals surface area contributed by atoms with Gasteiger partial charge in [-0.3, -0.25) is 0 Å². The molecule has 8 heavy (non-hydrogen) atoms. The van der Waals surface area contributed by atoms with Crippen molar-refractivity contribution in [1.82, 2.24) is 4.98 Å². The summed E-state index contributed by atoms with van der Waals surface area (Å²) in [6.07, 6.45) is 8.97. The third kappa shape index (κ3) is 0.414. The molecule has 0 aliphatic heterocycles. The Morgan fingerprint density at radius 2 is 2.50 bits per heavy atom. The number of rotatable bonds is 0. The maximum atomic E-state index is 3.09. The largest absolute Gasteiger partial charge is 0.359 e. The van der Waals surface area contributed by atoms with Crippen LogP contribution < -0.4 is 0 Å². The Bertz CT molecular complexity index is 170. The number of aryl methyl sites for hydroxylation is 2. The Kier molecular flexibility index (Phi) is 0.720. The zero-order valence-electron chi connectivity index (χ0n) is 4.70. The van der Waals surface area contributed by atoms with Crippen LogP contribution in [0.1, 0.15) is 17.5 Å². The summed E-state index contributed by atoms with van der Waals surface area (Å²) < 4.78 is 0. The molecule has 1 aromatic heterocycles. The van der Waals surface area contributed by atoms with E-state index in [1.54, 1.807) is 0 Å². The van der Waals surface area contributed by atoms with Crippen molar-refractivity contribution < 1.29 is 0 Å². The molecule has 0 unspecified atom stereocenters. The fourth-order valence-corrected chi connectivity index (χ4v) is 1.28. The average Bonchev–Trinajstić information content (AvgIpc) is 2.15. The molecule has 0 amide bonds. The van der Waals surface area contributed by atoms with Gasteiger partial charge in [-0.2, -0.15) is 0 Å². The highest BCUT2D eigenvalue weighted by atomic mass is 14.6. The average molecular weight is 106 g/mol. The molecule has 1 aliphatic rings. The molecule has 0 atom stereocenters. The van der Waals surface area contributed by atoms with Gasteiger partial charge in [-0.1, -0.05) is 0 Å². The summed E-state index contributed by atoms with van der Waals surface area (Å²) in [6.45, 7) is 0. The van der Waals surface area contributed by atoms with Crippen LogP contribution in [0, 0.1) is 6.20 Å². The van der Waals surface area contributed by atoms with Gasteiger partial charge in [0.1, 0.15) is 0 Å². The molecule has 0 saturated heterocycles. The summed E-state index contributed by atoms with van der Waals surface area (Å²) in [7, 11) is 0. The molecule has 2 rings (SSSR count). The maximum absolute atomic E-state index is 3.09. The molecule has 0 aromatic carbocycles. The van der Waals surface area contributed by atoms with Crippen molar-refractivity contribution >= 4 is 0 Å². The molecule has 0 bridgehead atoms. The van der Waals surface area contributed by atoms with Crippen LogP contribution in [0.2, 0.25) is 0 Å². The minimum Gasteiger partial charge on any atom is -0.359 e. The van der Waals surface area contributed by atoms with E-state index in [0.717, 1.165) is 0 Å². The van der Waals surface area contributed by atoms with Gasteiger partial charge in [0.25, 0.3) is 0 Å². The summed E-state index contributed by atoms with van der Waals surface area (Å²) in [5.41, 5.74) is 2.88. The van der Waals surface area contributed by atoms with Gasteiger partial charge in [-0.15, -0.1) is 0 Å². The van der Waals surface area contributed by atoms with Crippen molar-refractivity contribution in [3.63, 3.8) is 0 Å². The van der Waals surface area contributed by atoms with E-state index in [4.69, 9.17) is 0 Å². The van der Waals surface area contributed by atoms with E-state index in [1.165, 1.54) is 30.4 Å². The normalized spacial score (nSPS) is 16.5. The maximum Gasteiger partial charge on any atom is 0.0657 e. The van der Waals surface area contributed by atoms with Gasteiger partial charge in [0.2, 0.25) is 0 Å². The summed E-state index contributed by atoms with van der Waals surface area (Å²) in [5.74, 6) is 0. The van der Waals surface area contributed by atoms with Crippen LogP contribution in [0.4, 0.5) is 0 Å². The molecule has 0 saturated carbocycles. The highest BCUT2D eigenvalue weighted by molar-refractivity contribution is 5.26. The fraction of sp³-hybridized carbons (Fsp3) is 0.429. The Morgan fingerprint density at radius 3 is 3.38 bits per heavy atom. The van der Waals surface area contributed by atoms with Crippen LogP contribution in [0.15, 0.2) is 6.20 Å². The van der Waals surface area contributed by atoms with Crippen molar-refractivity contribution in [2.75, 3.05) is 0 Å². The van der Waals surface area contributed by atoms with Crippen LogP contribution in [0.25, 0.3) is 0 Å². The van der Waals surface area contributed by atoms with Gasteiger partial charge in [0, 0.05) is 6.20 Å². The van der Waals surface area contributed by atoms with Gasteiger partial charge in [0.05, 0.1) is 6.20 Å². The molecule has 1 heterocycles. The molecular weight excluding hydrogens is 98.1 g/mol. The predicted molar refractivity (Wildman–Crippen MR) is 31.7 cm³/mol. The molecule has 0 fully saturated rings. The molecule has 1 N–H and O–H groups in total. The van der Waals surface area contributed by atoms with Crippen LogP contribution in [0.3, 0.4) is 0 Å². The molecular formula is C7H8N. The second-order valence-electron chi connectivity index (χ2n) is 2.27. The summed E-state index contributed by atoms with van der Waals surface area (Å²) in [5, 5.41) is 0. The zero-order chi connectivity index (χ0) is 5.40. The lowest BCUT2D eigenvalue weighted by Gasteiger charge is -1.78. The van der Waals surface area contributed by atoms with Crippen molar-refractivity contribution in [2.45, 2.75) is 19.3 Å². The van der Waals surface area contributed by atoms with Crippen molar-refractivity contribution in [2.24, 2.45) is 0 Å². The van der Waals surface area contributed by atoms with Gasteiger partial charge in [-0.05, 0) is 30.4 Å². The Labute approximate surface area is 48.7 Å². The van der Waals surface area contributed by atoms with Crippen LogP contribution >= 0.6 is 0 Å². The first kappa shape index (κ1) is 4.19. The van der Waals surface area contributed by atoms with Gasteiger partial charge in [0.15, 0.2) is 0 Å². The summed E-state index contributed by atoms with van der Waals surface area (Å²) >= 11 is 0. The number of aromatic amines is 1. The highest BCUT2D eigenvalue weighted by Gasteiger charge is 2.09. The lowest BCUT2D eigenvalue weighted by molar-refractivity contribution is 0.901. The molecule has 1 aromatic rings. The Balaban J connectivity index is 2.54. The summed E-state index contributed by atoms with van der Waals surface area (Å²) in [6, 6.07) is 0. The van der Waals surface area contributed by atoms with E-state index in [-0.39, 0.29) is 0 Å². The lowest BCUT2D eigenvalue weighted by Crippen LogP contribution is -1.69. The second-order valence-corrected chi connectivity index (χ2v) is 2.27. The van der Waals surface area contributed by atoms with Gasteiger partial charge >= 0.3 is 0 Å². The topological polar surface area (TPSA) is 15.8 Å². The number of hydrogen-bond donors (Lipinski definition) is 1. The number of nitrogens with one attached hydrogen (secondary N) is 1. The van der Waals surface area contributed by atoms with Crippen LogP contribution in [-0.2, 0) is 12.8 Å². The predicted octanol–water partition coefficient (Wildman–Crippen LogP) is 1.30. The van der Waals surface area contributed by atoms with Crippen molar-refractivity contribution in [3.05, 3.63) is 23.5 Å². The molecule has 1 nitrogen and oxygen atoms in total. The third-order valence-electron chi connectivity index (χ3n) is 1.73. The first-order valence-corrected chi connectivity index (χ1v) is 3.03. The van der Waals surface area contributed by atoms with Crippen LogP contribution in [0.5, 0.6) is 0 Å². The quantitative estimate of drug-likeness (QED) is 0.513. The zero-order valence-corrected chi connectivity index (χ0v) is 4.70. The number of aromatic nitrogens is 1. The van der Waals surface area contributed by atoms with E-state index in [1.807, 2.05) is 0 Å². The number of H-pyrrole nitrogens is 1. The molecule has 1 aliphatic carbocycles. The number of fused-ring (bicyclic) bond motifs is 1. The molecule has 1 radical (unpaired) electrons. The van der Waals surface area contributed by atoms with Gasteiger partial charge < -0.3 is 4.98 Å². The van der Waals surface area contributed by atoms with E-state index in [0.29, 0.717) is 0 Å². The van der Waals surface area contributed by atoms with E-state index in [2.05, 4.69) is 17.4 Å². The molecule has 41 valence electrons. The van der Waals surface area contributed by atoms with E-state index >= 15 is 0 Å². The number of hydrogen-bond acceptors (Lipinski definition) is 0. The minimum absolute atomic E-state index is 1.23. The molecule has 0 spiro atoms. The van der Waals surface area contributed by atoms with E-state index < -0.39 is 0 Å². The van der Waals surface area contributed by atoms with Crippen molar-refractivity contribution in [1.29, 1.82) is 0 Å². The highest BCUT2D eigenvalue weighted by Crippen LogP contribution is 2.19. The second kappa shape index (κ2) is 1.38.